The van der Waals surface area contributed by atoms with Gasteiger partial charge in [-0.2, -0.15) is 0 Å². The maximum absolute atomic E-state index is 5.59. The normalized spacial score (nSPS) is 25.1. The molecule has 114 valence electrons. The first-order valence-electron chi connectivity index (χ1n) is 7.96. The first-order chi connectivity index (χ1) is 10.3. The maximum atomic E-state index is 5.59. The van der Waals surface area contributed by atoms with Crippen molar-refractivity contribution in [2.75, 3.05) is 25.5 Å². The van der Waals surface area contributed by atoms with Crippen molar-refractivity contribution in [3.63, 3.8) is 0 Å². The SMILES string of the molecule is COc1ccc(NC(=S)N2CC[C@@H]3CCCC[C@H]3C2)cc1. The topological polar surface area (TPSA) is 24.5 Å². The van der Waals surface area contributed by atoms with Crippen LogP contribution in [0.2, 0.25) is 0 Å². The van der Waals surface area contributed by atoms with E-state index in [4.69, 9.17) is 17.0 Å². The van der Waals surface area contributed by atoms with Crippen LogP contribution >= 0.6 is 12.2 Å². The van der Waals surface area contributed by atoms with Gasteiger partial charge in [-0.15, -0.1) is 0 Å². The van der Waals surface area contributed by atoms with E-state index in [0.29, 0.717) is 0 Å². The molecule has 1 aliphatic carbocycles. The van der Waals surface area contributed by atoms with Gasteiger partial charge in [-0.3, -0.25) is 0 Å². The van der Waals surface area contributed by atoms with Crippen molar-refractivity contribution in [1.82, 2.24) is 4.90 Å². The summed E-state index contributed by atoms with van der Waals surface area (Å²) in [6, 6.07) is 7.94. The Bertz CT molecular complexity index is 488. The third-order valence-corrected chi connectivity index (χ3v) is 5.28. The number of fused-ring (bicyclic) bond motifs is 1. The number of piperidine rings is 1. The molecule has 0 amide bonds. The van der Waals surface area contributed by atoms with Gasteiger partial charge in [-0.05, 0) is 61.2 Å². The van der Waals surface area contributed by atoms with Gasteiger partial charge in [0.2, 0.25) is 0 Å². The van der Waals surface area contributed by atoms with Gasteiger partial charge in [0.25, 0.3) is 0 Å². The Morgan fingerprint density at radius 3 is 2.57 bits per heavy atom. The second-order valence-electron chi connectivity index (χ2n) is 6.20. The zero-order chi connectivity index (χ0) is 14.7. The molecule has 0 bridgehead atoms. The van der Waals surface area contributed by atoms with Crippen molar-refractivity contribution in [3.8, 4) is 5.75 Å². The number of benzene rings is 1. The first kappa shape index (κ1) is 14.6. The van der Waals surface area contributed by atoms with Crippen LogP contribution in [0.5, 0.6) is 5.75 Å². The predicted octanol–water partition coefficient (Wildman–Crippen LogP) is 3.90. The summed E-state index contributed by atoms with van der Waals surface area (Å²) in [4.78, 5) is 2.35. The number of rotatable bonds is 2. The predicted molar refractivity (Wildman–Crippen MR) is 90.9 cm³/mol. The van der Waals surface area contributed by atoms with Crippen molar-refractivity contribution in [3.05, 3.63) is 24.3 Å². The molecule has 1 saturated carbocycles. The summed E-state index contributed by atoms with van der Waals surface area (Å²) in [5.74, 6) is 2.66. The Labute approximate surface area is 132 Å². The molecule has 3 nitrogen and oxygen atoms in total. The molecule has 0 radical (unpaired) electrons. The van der Waals surface area contributed by atoms with E-state index in [2.05, 4.69) is 10.2 Å². The Hall–Kier alpha value is -1.29. The number of likely N-dealkylation sites (tertiary alicyclic amines) is 1. The van der Waals surface area contributed by atoms with Gasteiger partial charge in [0, 0.05) is 18.8 Å². The lowest BCUT2D eigenvalue weighted by molar-refractivity contribution is 0.131. The molecule has 1 N–H and O–H groups in total. The van der Waals surface area contributed by atoms with E-state index >= 15 is 0 Å². The number of hydrogen-bond donors (Lipinski definition) is 1. The fraction of sp³-hybridized carbons (Fsp3) is 0.588. The second kappa shape index (κ2) is 6.65. The van der Waals surface area contributed by atoms with Crippen LogP contribution in [0.1, 0.15) is 32.1 Å². The quantitative estimate of drug-likeness (QED) is 0.837. The van der Waals surface area contributed by atoms with Crippen LogP contribution < -0.4 is 10.1 Å². The van der Waals surface area contributed by atoms with Crippen molar-refractivity contribution < 1.29 is 4.74 Å². The maximum Gasteiger partial charge on any atom is 0.173 e. The Balaban J connectivity index is 1.57. The summed E-state index contributed by atoms with van der Waals surface area (Å²) in [7, 11) is 1.68. The summed E-state index contributed by atoms with van der Waals surface area (Å²) in [5.41, 5.74) is 1.03. The molecule has 0 unspecified atom stereocenters. The molecule has 1 heterocycles. The minimum absolute atomic E-state index is 0.850. The van der Waals surface area contributed by atoms with Crippen LogP contribution in [0.25, 0.3) is 0 Å². The molecular weight excluding hydrogens is 280 g/mol. The highest BCUT2D eigenvalue weighted by Gasteiger charge is 2.31. The molecule has 3 rings (SSSR count). The summed E-state index contributed by atoms with van der Waals surface area (Å²) < 4.78 is 5.18. The number of ether oxygens (including phenoxy) is 1. The van der Waals surface area contributed by atoms with Crippen LogP contribution in [-0.4, -0.2) is 30.2 Å². The van der Waals surface area contributed by atoms with Gasteiger partial charge in [0.05, 0.1) is 7.11 Å². The lowest BCUT2D eigenvalue weighted by Crippen LogP contribution is -2.46. The lowest BCUT2D eigenvalue weighted by atomic mass is 9.75. The highest BCUT2D eigenvalue weighted by molar-refractivity contribution is 7.80. The molecule has 0 spiro atoms. The van der Waals surface area contributed by atoms with Crippen LogP contribution in [0.3, 0.4) is 0 Å². The molecule has 21 heavy (non-hydrogen) atoms. The van der Waals surface area contributed by atoms with Crippen molar-refractivity contribution >= 4 is 23.0 Å². The molecule has 4 heteroatoms. The summed E-state index contributed by atoms with van der Waals surface area (Å²) in [6.07, 6.45) is 6.93. The Kier molecular flexibility index (Phi) is 4.63. The summed E-state index contributed by atoms with van der Waals surface area (Å²) in [6.45, 7) is 2.23. The van der Waals surface area contributed by atoms with Gasteiger partial charge in [-0.1, -0.05) is 19.3 Å². The average Bonchev–Trinajstić information content (AvgIpc) is 2.55. The number of thiocarbonyl (C=S) groups is 1. The Morgan fingerprint density at radius 2 is 1.86 bits per heavy atom. The summed E-state index contributed by atoms with van der Waals surface area (Å²) in [5, 5.41) is 4.23. The van der Waals surface area contributed by atoms with Crippen molar-refractivity contribution in [2.24, 2.45) is 11.8 Å². The minimum atomic E-state index is 0.850. The minimum Gasteiger partial charge on any atom is -0.497 e. The fourth-order valence-corrected chi connectivity index (χ4v) is 3.95. The van der Waals surface area contributed by atoms with Gasteiger partial charge in [0.1, 0.15) is 5.75 Å². The zero-order valence-electron chi connectivity index (χ0n) is 12.7. The smallest absolute Gasteiger partial charge is 0.173 e. The van der Waals surface area contributed by atoms with Gasteiger partial charge in [0.15, 0.2) is 5.11 Å². The van der Waals surface area contributed by atoms with E-state index in [1.54, 1.807) is 7.11 Å². The molecule has 1 saturated heterocycles. The molecule has 1 aromatic carbocycles. The third kappa shape index (κ3) is 3.49. The highest BCUT2D eigenvalue weighted by atomic mass is 32.1. The number of methoxy groups -OCH3 is 1. The number of hydrogen-bond acceptors (Lipinski definition) is 2. The zero-order valence-corrected chi connectivity index (χ0v) is 13.5. The summed E-state index contributed by atoms with van der Waals surface area (Å²) >= 11 is 5.59. The number of nitrogens with zero attached hydrogens (tertiary/aromatic N) is 1. The largest absolute Gasteiger partial charge is 0.497 e. The van der Waals surface area contributed by atoms with E-state index in [9.17, 15) is 0 Å². The van der Waals surface area contributed by atoms with Gasteiger partial charge >= 0.3 is 0 Å². The van der Waals surface area contributed by atoms with E-state index in [0.717, 1.165) is 41.5 Å². The molecule has 1 aliphatic heterocycles. The van der Waals surface area contributed by atoms with Crippen LogP contribution in [0.15, 0.2) is 24.3 Å². The van der Waals surface area contributed by atoms with Gasteiger partial charge < -0.3 is 15.0 Å². The Morgan fingerprint density at radius 1 is 1.14 bits per heavy atom. The lowest BCUT2D eigenvalue weighted by Gasteiger charge is -2.42. The van der Waals surface area contributed by atoms with E-state index < -0.39 is 0 Å². The first-order valence-corrected chi connectivity index (χ1v) is 8.37. The highest BCUT2D eigenvalue weighted by Crippen LogP contribution is 2.36. The third-order valence-electron chi connectivity index (χ3n) is 4.92. The number of nitrogens with one attached hydrogen (secondary N) is 1. The second-order valence-corrected chi connectivity index (χ2v) is 6.58. The van der Waals surface area contributed by atoms with Crippen molar-refractivity contribution in [2.45, 2.75) is 32.1 Å². The molecule has 2 fully saturated rings. The standard InChI is InChI=1S/C17H24N2OS/c1-20-16-8-6-15(7-9-16)18-17(21)19-11-10-13-4-2-3-5-14(13)12-19/h6-9,13-14H,2-5,10-12H2,1H3,(H,18,21)/t13-,14-/m0/s1. The van der Waals surface area contributed by atoms with Crippen molar-refractivity contribution in [1.29, 1.82) is 0 Å². The molecule has 2 aliphatic rings. The van der Waals surface area contributed by atoms with Gasteiger partial charge in [-0.25, -0.2) is 0 Å². The molecule has 1 aromatic rings. The van der Waals surface area contributed by atoms with Crippen LogP contribution in [-0.2, 0) is 0 Å². The fourth-order valence-electron chi connectivity index (χ4n) is 3.66. The van der Waals surface area contributed by atoms with Crippen LogP contribution in [0, 0.1) is 11.8 Å². The monoisotopic (exact) mass is 304 g/mol. The van der Waals surface area contributed by atoms with E-state index in [-0.39, 0.29) is 0 Å². The molecule has 0 aromatic heterocycles. The average molecular weight is 304 g/mol. The van der Waals surface area contributed by atoms with Crippen LogP contribution in [0.4, 0.5) is 5.69 Å². The van der Waals surface area contributed by atoms with E-state index in [1.807, 2.05) is 24.3 Å². The molecular formula is C17H24N2OS. The number of anilines is 1. The van der Waals surface area contributed by atoms with E-state index in [1.165, 1.54) is 32.1 Å². The molecule has 2 atom stereocenters.